The van der Waals surface area contributed by atoms with Crippen LogP contribution < -0.4 is 10.1 Å². The molecule has 2 rings (SSSR count). The number of nitrogens with one attached hydrogen (secondary N) is 1. The number of ether oxygens (including phenoxy) is 1. The van der Waals surface area contributed by atoms with Gasteiger partial charge in [0.2, 0.25) is 0 Å². The molecule has 0 spiro atoms. The van der Waals surface area contributed by atoms with E-state index in [1.54, 1.807) is 6.07 Å². The summed E-state index contributed by atoms with van der Waals surface area (Å²) in [6, 6.07) is 4.89. The molecule has 1 heterocycles. The van der Waals surface area contributed by atoms with Gasteiger partial charge in [0, 0.05) is 23.6 Å². The molecule has 0 bridgehead atoms. The molecule has 6 heteroatoms. The summed E-state index contributed by atoms with van der Waals surface area (Å²) in [5.41, 5.74) is 1.47. The van der Waals surface area contributed by atoms with Crippen LogP contribution in [0.2, 0.25) is 0 Å². The van der Waals surface area contributed by atoms with Crippen LogP contribution in [-0.2, 0) is 5.88 Å². The molecule has 1 N–H and O–H groups in total. The molecule has 104 valence electrons. The Hall–Kier alpha value is -1.26. The van der Waals surface area contributed by atoms with Crippen LogP contribution in [0.25, 0.3) is 10.9 Å². The largest absolute Gasteiger partial charge is 0.494 e. The zero-order valence-corrected chi connectivity index (χ0v) is 12.2. The quantitative estimate of drug-likeness (QED) is 0.868. The highest BCUT2D eigenvalue weighted by molar-refractivity contribution is 6.17. The number of hydrogen-bond acceptors (Lipinski definition) is 3. The molecule has 0 amide bonds. The summed E-state index contributed by atoms with van der Waals surface area (Å²) in [5.74, 6) is 0.842. The summed E-state index contributed by atoms with van der Waals surface area (Å²) >= 11 is 5.89. The Morgan fingerprint density at radius 3 is 2.68 bits per heavy atom. The maximum Gasteiger partial charge on any atom is 0.167 e. The molecule has 0 radical (unpaired) electrons. The number of rotatable bonds is 4. The fourth-order valence-electron chi connectivity index (χ4n) is 1.80. The van der Waals surface area contributed by atoms with E-state index in [-0.39, 0.29) is 18.2 Å². The van der Waals surface area contributed by atoms with Crippen molar-refractivity contribution in [1.82, 2.24) is 4.98 Å². The molecule has 0 fully saturated rings. The smallest absolute Gasteiger partial charge is 0.167 e. The van der Waals surface area contributed by atoms with Crippen molar-refractivity contribution in [3.63, 3.8) is 0 Å². The summed E-state index contributed by atoms with van der Waals surface area (Å²) in [6.45, 7) is 2.71. The van der Waals surface area contributed by atoms with Gasteiger partial charge in [0.15, 0.2) is 11.6 Å². The molecule has 1 aromatic heterocycles. The van der Waals surface area contributed by atoms with Crippen LogP contribution in [0.3, 0.4) is 0 Å². The minimum Gasteiger partial charge on any atom is -0.494 e. The Morgan fingerprint density at radius 2 is 2.11 bits per heavy atom. The lowest BCUT2D eigenvalue weighted by Crippen LogP contribution is -2.03. The first-order valence-corrected chi connectivity index (χ1v) is 6.20. The fourth-order valence-corrected chi connectivity index (χ4v) is 2.00. The van der Waals surface area contributed by atoms with E-state index >= 15 is 0 Å². The van der Waals surface area contributed by atoms with Gasteiger partial charge in [0.05, 0.1) is 18.5 Å². The summed E-state index contributed by atoms with van der Waals surface area (Å²) in [7, 11) is 1.44. The van der Waals surface area contributed by atoms with Crippen LogP contribution in [0.1, 0.15) is 12.5 Å². The normalized spacial score (nSPS) is 10.1. The molecule has 0 aliphatic carbocycles. The van der Waals surface area contributed by atoms with Crippen molar-refractivity contribution in [2.75, 3.05) is 19.0 Å². The van der Waals surface area contributed by atoms with Gasteiger partial charge in [-0.25, -0.2) is 9.37 Å². The number of methoxy groups -OCH3 is 1. The number of anilines is 1. The van der Waals surface area contributed by atoms with Gasteiger partial charge in [-0.15, -0.1) is 24.0 Å². The monoisotopic (exact) mass is 304 g/mol. The van der Waals surface area contributed by atoms with E-state index < -0.39 is 5.82 Å². The van der Waals surface area contributed by atoms with Crippen LogP contribution in [0.4, 0.5) is 10.2 Å². The van der Waals surface area contributed by atoms with E-state index in [1.807, 2.05) is 13.0 Å². The van der Waals surface area contributed by atoms with Crippen LogP contribution in [-0.4, -0.2) is 18.6 Å². The van der Waals surface area contributed by atoms with E-state index in [9.17, 15) is 4.39 Å². The van der Waals surface area contributed by atoms with Crippen molar-refractivity contribution < 1.29 is 9.13 Å². The number of nitrogens with zero attached hydrogens (tertiary/aromatic N) is 1. The number of alkyl halides is 1. The number of hydrogen-bond donors (Lipinski definition) is 1. The summed E-state index contributed by atoms with van der Waals surface area (Å²) < 4.78 is 18.6. The van der Waals surface area contributed by atoms with Crippen LogP contribution in [0.15, 0.2) is 18.2 Å². The zero-order valence-electron chi connectivity index (χ0n) is 10.7. The second kappa shape index (κ2) is 6.78. The lowest BCUT2D eigenvalue weighted by atomic mass is 10.1. The number of benzene rings is 1. The predicted molar refractivity (Wildman–Crippen MR) is 79.2 cm³/mol. The molecule has 1 aromatic carbocycles. The number of pyridine rings is 1. The first kappa shape index (κ1) is 15.8. The van der Waals surface area contributed by atoms with Gasteiger partial charge in [-0.1, -0.05) is 0 Å². The first-order valence-electron chi connectivity index (χ1n) is 5.66. The van der Waals surface area contributed by atoms with E-state index in [1.165, 1.54) is 13.2 Å². The maximum absolute atomic E-state index is 13.6. The Kier molecular flexibility index (Phi) is 5.63. The third-order valence-electron chi connectivity index (χ3n) is 2.66. The predicted octanol–water partition coefficient (Wildman–Crippen LogP) is 3.97. The van der Waals surface area contributed by atoms with Crippen molar-refractivity contribution in [2.45, 2.75) is 12.8 Å². The third kappa shape index (κ3) is 3.19. The van der Waals surface area contributed by atoms with Crippen LogP contribution >= 0.6 is 24.0 Å². The number of fused-ring (bicyclic) bond motifs is 1. The summed E-state index contributed by atoms with van der Waals surface area (Å²) in [6.07, 6.45) is 0. The Morgan fingerprint density at radius 1 is 1.37 bits per heavy atom. The zero-order chi connectivity index (χ0) is 13.1. The Bertz CT molecular complexity index is 578. The molecule has 19 heavy (non-hydrogen) atoms. The molecule has 0 aliphatic heterocycles. The standard InChI is InChI=1S/C13H14ClFN2O.ClH/c1-3-16-13-9(7-14)4-8-5-12(18-2)10(15)6-11(8)17-13;/h4-6H,3,7H2,1-2H3,(H,16,17);1H. The average molecular weight is 305 g/mol. The summed E-state index contributed by atoms with van der Waals surface area (Å²) in [5, 5.41) is 3.93. The lowest BCUT2D eigenvalue weighted by Gasteiger charge is -2.10. The van der Waals surface area contributed by atoms with Crippen molar-refractivity contribution in [2.24, 2.45) is 0 Å². The van der Waals surface area contributed by atoms with Crippen molar-refractivity contribution in [3.05, 3.63) is 29.6 Å². The molecule has 0 atom stereocenters. The Balaban J connectivity index is 0.00000180. The minimum absolute atomic E-state index is 0. The van der Waals surface area contributed by atoms with Gasteiger partial charge in [-0.3, -0.25) is 0 Å². The van der Waals surface area contributed by atoms with Crippen molar-refractivity contribution in [1.29, 1.82) is 0 Å². The van der Waals surface area contributed by atoms with E-state index in [0.29, 0.717) is 17.2 Å². The van der Waals surface area contributed by atoms with Gasteiger partial charge in [0.1, 0.15) is 5.82 Å². The van der Waals surface area contributed by atoms with Gasteiger partial charge in [0.25, 0.3) is 0 Å². The van der Waals surface area contributed by atoms with E-state index in [2.05, 4.69) is 10.3 Å². The summed E-state index contributed by atoms with van der Waals surface area (Å²) in [4.78, 5) is 4.38. The number of halogens is 3. The highest BCUT2D eigenvalue weighted by Crippen LogP contribution is 2.27. The molecule has 0 saturated heterocycles. The molecule has 2 aromatic rings. The molecule has 3 nitrogen and oxygen atoms in total. The second-order valence-corrected chi connectivity index (χ2v) is 4.11. The molecule has 0 unspecified atom stereocenters. The average Bonchev–Trinajstić information content (AvgIpc) is 2.37. The fraction of sp³-hybridized carbons (Fsp3) is 0.308. The molecular formula is C13H15Cl2FN2O. The van der Waals surface area contributed by atoms with Crippen molar-refractivity contribution in [3.8, 4) is 5.75 Å². The molecule has 0 saturated carbocycles. The SMILES string of the molecule is CCNc1nc2cc(F)c(OC)cc2cc1CCl.Cl. The topological polar surface area (TPSA) is 34.2 Å². The van der Waals surface area contributed by atoms with Gasteiger partial charge < -0.3 is 10.1 Å². The molecule has 0 aliphatic rings. The van der Waals surface area contributed by atoms with Gasteiger partial charge in [-0.05, 0) is 19.1 Å². The second-order valence-electron chi connectivity index (χ2n) is 3.84. The van der Waals surface area contributed by atoms with Gasteiger partial charge >= 0.3 is 0 Å². The Labute approximate surface area is 122 Å². The van der Waals surface area contributed by atoms with Crippen LogP contribution in [0.5, 0.6) is 5.75 Å². The van der Waals surface area contributed by atoms with E-state index in [4.69, 9.17) is 16.3 Å². The molecular weight excluding hydrogens is 290 g/mol. The first-order chi connectivity index (χ1) is 8.69. The lowest BCUT2D eigenvalue weighted by molar-refractivity contribution is 0.387. The highest BCUT2D eigenvalue weighted by atomic mass is 35.5. The highest BCUT2D eigenvalue weighted by Gasteiger charge is 2.10. The van der Waals surface area contributed by atoms with Crippen molar-refractivity contribution >= 4 is 40.7 Å². The van der Waals surface area contributed by atoms with E-state index in [0.717, 1.165) is 17.5 Å². The number of aromatic nitrogens is 1. The maximum atomic E-state index is 13.6. The minimum atomic E-state index is -0.418. The van der Waals surface area contributed by atoms with Gasteiger partial charge in [-0.2, -0.15) is 0 Å². The third-order valence-corrected chi connectivity index (χ3v) is 2.94. The van der Waals surface area contributed by atoms with Crippen LogP contribution in [0, 0.1) is 5.82 Å².